The van der Waals surface area contributed by atoms with Gasteiger partial charge >= 0.3 is 5.97 Å². The molecule has 0 aliphatic heterocycles. The lowest BCUT2D eigenvalue weighted by Crippen LogP contribution is -2.19. The molecule has 0 saturated heterocycles. The molecule has 0 aliphatic rings. The highest BCUT2D eigenvalue weighted by atomic mass is 16.4. The molecule has 2 aromatic carbocycles. The summed E-state index contributed by atoms with van der Waals surface area (Å²) in [6.07, 6.45) is 0. The highest BCUT2D eigenvalue weighted by molar-refractivity contribution is 5.93. The van der Waals surface area contributed by atoms with Gasteiger partial charge in [0, 0.05) is 11.1 Å². The van der Waals surface area contributed by atoms with Crippen LogP contribution in [0, 0.1) is 0 Å². The Balaban J connectivity index is 2.53. The van der Waals surface area contributed by atoms with Gasteiger partial charge in [-0.05, 0) is 23.3 Å². The Morgan fingerprint density at radius 1 is 1.05 bits per heavy atom. The molecule has 0 amide bonds. The number of hydrogen-bond acceptors (Lipinski definition) is 2. The molecule has 0 bridgehead atoms. The Labute approximate surface area is 112 Å². The SMILES string of the molecule is CC(C)(c1ccccc1)c1ccc(N)c(C(=O)O)c1. The van der Waals surface area contributed by atoms with Gasteiger partial charge in [-0.25, -0.2) is 4.79 Å². The number of aromatic carboxylic acids is 1. The van der Waals surface area contributed by atoms with Gasteiger partial charge in [0.25, 0.3) is 0 Å². The summed E-state index contributed by atoms with van der Waals surface area (Å²) < 4.78 is 0. The van der Waals surface area contributed by atoms with Crippen LogP contribution in [0.15, 0.2) is 48.5 Å². The highest BCUT2D eigenvalue weighted by Gasteiger charge is 2.24. The number of hydrogen-bond donors (Lipinski definition) is 2. The molecule has 3 N–H and O–H groups in total. The summed E-state index contributed by atoms with van der Waals surface area (Å²) in [7, 11) is 0. The summed E-state index contributed by atoms with van der Waals surface area (Å²) in [6, 6.07) is 15.2. The van der Waals surface area contributed by atoms with E-state index in [1.807, 2.05) is 36.4 Å². The first-order chi connectivity index (χ1) is 8.93. The second-order valence-electron chi connectivity index (χ2n) is 5.10. The van der Waals surface area contributed by atoms with Crippen molar-refractivity contribution in [3.05, 3.63) is 65.2 Å². The number of carboxylic acid groups (broad SMARTS) is 1. The quantitative estimate of drug-likeness (QED) is 0.827. The minimum absolute atomic E-state index is 0.154. The summed E-state index contributed by atoms with van der Waals surface area (Å²) in [5.74, 6) is -0.997. The summed E-state index contributed by atoms with van der Waals surface area (Å²) in [5, 5.41) is 9.15. The smallest absolute Gasteiger partial charge is 0.337 e. The molecule has 3 heteroatoms. The summed E-state index contributed by atoms with van der Waals surface area (Å²) in [6.45, 7) is 4.14. The standard InChI is InChI=1S/C16H17NO2/c1-16(2,11-6-4-3-5-7-11)12-8-9-14(17)13(10-12)15(18)19/h3-10H,17H2,1-2H3,(H,18,19). The summed E-state index contributed by atoms with van der Waals surface area (Å²) in [4.78, 5) is 11.2. The third kappa shape index (κ3) is 2.45. The van der Waals surface area contributed by atoms with Gasteiger partial charge in [-0.15, -0.1) is 0 Å². The van der Waals surface area contributed by atoms with E-state index < -0.39 is 5.97 Å². The van der Waals surface area contributed by atoms with Crippen LogP contribution in [-0.4, -0.2) is 11.1 Å². The molecule has 0 aromatic heterocycles. The second kappa shape index (κ2) is 4.76. The van der Waals surface area contributed by atoms with Crippen molar-refractivity contribution in [2.75, 3.05) is 5.73 Å². The fourth-order valence-electron chi connectivity index (χ4n) is 2.15. The van der Waals surface area contributed by atoms with Gasteiger partial charge in [0.15, 0.2) is 0 Å². The van der Waals surface area contributed by atoms with E-state index in [1.54, 1.807) is 12.1 Å². The van der Waals surface area contributed by atoms with Gasteiger partial charge in [-0.1, -0.05) is 50.2 Å². The second-order valence-corrected chi connectivity index (χ2v) is 5.10. The van der Waals surface area contributed by atoms with E-state index in [0.717, 1.165) is 11.1 Å². The van der Waals surface area contributed by atoms with Crippen molar-refractivity contribution in [3.8, 4) is 0 Å². The fourth-order valence-corrected chi connectivity index (χ4v) is 2.15. The number of anilines is 1. The number of benzene rings is 2. The predicted molar refractivity (Wildman–Crippen MR) is 76.4 cm³/mol. The van der Waals surface area contributed by atoms with Crippen molar-refractivity contribution in [1.29, 1.82) is 0 Å². The monoisotopic (exact) mass is 255 g/mol. The number of carboxylic acids is 1. The molecule has 0 heterocycles. The minimum Gasteiger partial charge on any atom is -0.478 e. The average Bonchev–Trinajstić information content (AvgIpc) is 2.39. The Hall–Kier alpha value is -2.29. The molecule has 98 valence electrons. The van der Waals surface area contributed by atoms with Crippen LogP contribution in [0.25, 0.3) is 0 Å². The van der Waals surface area contributed by atoms with E-state index in [2.05, 4.69) is 13.8 Å². The van der Waals surface area contributed by atoms with Crippen molar-refractivity contribution in [2.24, 2.45) is 0 Å². The van der Waals surface area contributed by atoms with Crippen molar-refractivity contribution in [1.82, 2.24) is 0 Å². The van der Waals surface area contributed by atoms with Crippen LogP contribution in [0.4, 0.5) is 5.69 Å². The molecular weight excluding hydrogens is 238 g/mol. The van der Waals surface area contributed by atoms with E-state index in [1.165, 1.54) is 0 Å². The van der Waals surface area contributed by atoms with Crippen molar-refractivity contribution in [2.45, 2.75) is 19.3 Å². The first-order valence-electron chi connectivity index (χ1n) is 6.12. The van der Waals surface area contributed by atoms with Crippen LogP contribution in [0.5, 0.6) is 0 Å². The number of rotatable bonds is 3. The summed E-state index contributed by atoms with van der Waals surface area (Å²) in [5.41, 5.74) is 7.94. The lowest BCUT2D eigenvalue weighted by atomic mass is 9.77. The number of nitrogens with two attached hydrogens (primary N) is 1. The average molecular weight is 255 g/mol. The molecule has 3 nitrogen and oxygen atoms in total. The lowest BCUT2D eigenvalue weighted by molar-refractivity contribution is 0.0698. The first kappa shape index (κ1) is 13.1. The maximum absolute atomic E-state index is 11.2. The summed E-state index contributed by atoms with van der Waals surface area (Å²) >= 11 is 0. The third-order valence-corrected chi connectivity index (χ3v) is 3.50. The van der Waals surface area contributed by atoms with Crippen LogP contribution in [-0.2, 0) is 5.41 Å². The molecule has 0 atom stereocenters. The number of carbonyl (C=O) groups is 1. The van der Waals surface area contributed by atoms with Gasteiger partial charge < -0.3 is 10.8 Å². The largest absolute Gasteiger partial charge is 0.478 e. The van der Waals surface area contributed by atoms with Gasteiger partial charge in [-0.3, -0.25) is 0 Å². The van der Waals surface area contributed by atoms with Gasteiger partial charge in [-0.2, -0.15) is 0 Å². The molecule has 0 spiro atoms. The zero-order valence-electron chi connectivity index (χ0n) is 11.1. The molecular formula is C16H17NO2. The molecule has 2 rings (SSSR count). The maximum Gasteiger partial charge on any atom is 0.337 e. The van der Waals surface area contributed by atoms with E-state index in [0.29, 0.717) is 5.69 Å². The molecule has 0 fully saturated rings. The molecule has 2 aromatic rings. The Morgan fingerprint density at radius 2 is 1.68 bits per heavy atom. The molecule has 0 saturated carbocycles. The van der Waals surface area contributed by atoms with E-state index in [-0.39, 0.29) is 11.0 Å². The van der Waals surface area contributed by atoms with E-state index in [4.69, 9.17) is 10.8 Å². The van der Waals surface area contributed by atoms with E-state index in [9.17, 15) is 4.79 Å². The van der Waals surface area contributed by atoms with Gasteiger partial charge in [0.05, 0.1) is 5.56 Å². The van der Waals surface area contributed by atoms with Crippen molar-refractivity contribution in [3.63, 3.8) is 0 Å². The van der Waals surface area contributed by atoms with Crippen LogP contribution < -0.4 is 5.73 Å². The third-order valence-electron chi connectivity index (χ3n) is 3.50. The van der Waals surface area contributed by atoms with Gasteiger partial charge in [0.1, 0.15) is 0 Å². The zero-order valence-corrected chi connectivity index (χ0v) is 11.1. The van der Waals surface area contributed by atoms with Crippen LogP contribution >= 0.6 is 0 Å². The molecule has 0 radical (unpaired) electrons. The van der Waals surface area contributed by atoms with E-state index >= 15 is 0 Å². The highest BCUT2D eigenvalue weighted by Crippen LogP contribution is 2.32. The van der Waals surface area contributed by atoms with Gasteiger partial charge in [0.2, 0.25) is 0 Å². The van der Waals surface area contributed by atoms with Crippen LogP contribution in [0.3, 0.4) is 0 Å². The van der Waals surface area contributed by atoms with Crippen LogP contribution in [0.1, 0.15) is 35.3 Å². The van der Waals surface area contributed by atoms with Crippen molar-refractivity contribution >= 4 is 11.7 Å². The van der Waals surface area contributed by atoms with Crippen molar-refractivity contribution < 1.29 is 9.90 Å². The maximum atomic E-state index is 11.2. The lowest BCUT2D eigenvalue weighted by Gasteiger charge is -2.26. The predicted octanol–water partition coefficient (Wildman–Crippen LogP) is 3.29. The topological polar surface area (TPSA) is 63.3 Å². The Kier molecular flexibility index (Phi) is 3.30. The Morgan fingerprint density at radius 3 is 2.26 bits per heavy atom. The molecule has 0 unspecified atom stereocenters. The molecule has 19 heavy (non-hydrogen) atoms. The fraction of sp³-hybridized carbons (Fsp3) is 0.188. The van der Waals surface area contributed by atoms with Crippen LogP contribution in [0.2, 0.25) is 0 Å². The number of nitrogen functional groups attached to an aromatic ring is 1. The zero-order chi connectivity index (χ0) is 14.0. The Bertz CT molecular complexity index is 603. The molecule has 0 aliphatic carbocycles. The minimum atomic E-state index is -0.997. The normalized spacial score (nSPS) is 11.3. The first-order valence-corrected chi connectivity index (χ1v) is 6.12.